The predicted molar refractivity (Wildman–Crippen MR) is 109 cm³/mol. The zero-order valence-corrected chi connectivity index (χ0v) is 17.6. The summed E-state index contributed by atoms with van der Waals surface area (Å²) in [6, 6.07) is 4.82. The number of rotatable bonds is 6. The first-order valence-electron chi connectivity index (χ1n) is 10.3. The van der Waals surface area contributed by atoms with Crippen molar-refractivity contribution in [2.75, 3.05) is 26.2 Å². The van der Waals surface area contributed by atoms with Gasteiger partial charge < -0.3 is 10.6 Å². The molecule has 30 heavy (non-hydrogen) atoms. The van der Waals surface area contributed by atoms with Crippen LogP contribution in [0.3, 0.4) is 0 Å². The van der Waals surface area contributed by atoms with Gasteiger partial charge in [0.1, 0.15) is 5.52 Å². The number of nitrogens with two attached hydrogens (primary N) is 1. The lowest BCUT2D eigenvalue weighted by atomic mass is 9.96. The number of piperidine rings is 1. The van der Waals surface area contributed by atoms with Crippen LogP contribution in [0.25, 0.3) is 11.0 Å². The van der Waals surface area contributed by atoms with E-state index in [4.69, 9.17) is 5.73 Å². The van der Waals surface area contributed by atoms with Crippen LogP contribution in [0.5, 0.6) is 0 Å². The first kappa shape index (κ1) is 20.7. The normalized spacial score (nSPS) is 18.9. The molecule has 1 aromatic carbocycles. The molecule has 2 fully saturated rings. The SMILES string of the molecule is NC(=O)C1CCN(C(=O)CCn2nnc3cc(S(=O)(=O)N4CCCC4)ccc32)CC1. The number of hydrogen-bond acceptors (Lipinski definition) is 6. The van der Waals surface area contributed by atoms with Crippen molar-refractivity contribution in [3.63, 3.8) is 0 Å². The number of aryl methyl sites for hydroxylation is 1. The summed E-state index contributed by atoms with van der Waals surface area (Å²) >= 11 is 0. The highest BCUT2D eigenvalue weighted by Crippen LogP contribution is 2.24. The number of carbonyl (C=O) groups is 2. The molecule has 1 aromatic heterocycles. The fraction of sp³-hybridized carbons (Fsp3) is 0.579. The summed E-state index contributed by atoms with van der Waals surface area (Å²) in [4.78, 5) is 25.7. The van der Waals surface area contributed by atoms with E-state index >= 15 is 0 Å². The third-order valence-electron chi connectivity index (χ3n) is 5.98. The van der Waals surface area contributed by atoms with Crippen molar-refractivity contribution >= 4 is 32.9 Å². The van der Waals surface area contributed by atoms with Crippen molar-refractivity contribution in [2.24, 2.45) is 11.7 Å². The molecule has 4 rings (SSSR count). The molecule has 0 unspecified atom stereocenters. The van der Waals surface area contributed by atoms with E-state index in [-0.39, 0.29) is 29.0 Å². The molecule has 0 bridgehead atoms. The molecule has 2 aliphatic rings. The van der Waals surface area contributed by atoms with Crippen LogP contribution in [0.1, 0.15) is 32.1 Å². The van der Waals surface area contributed by atoms with Crippen molar-refractivity contribution < 1.29 is 18.0 Å². The van der Waals surface area contributed by atoms with Gasteiger partial charge in [-0.25, -0.2) is 13.1 Å². The van der Waals surface area contributed by atoms with Crippen molar-refractivity contribution in [1.29, 1.82) is 0 Å². The maximum Gasteiger partial charge on any atom is 0.243 e. The van der Waals surface area contributed by atoms with E-state index in [1.807, 2.05) is 0 Å². The summed E-state index contributed by atoms with van der Waals surface area (Å²) in [5.41, 5.74) is 6.52. The average Bonchev–Trinajstić information content (AvgIpc) is 3.42. The third-order valence-corrected chi connectivity index (χ3v) is 7.87. The Bertz CT molecular complexity index is 1050. The fourth-order valence-corrected chi connectivity index (χ4v) is 5.67. The van der Waals surface area contributed by atoms with Crippen molar-refractivity contribution in [2.45, 2.75) is 43.5 Å². The number of fused-ring (bicyclic) bond motifs is 1. The van der Waals surface area contributed by atoms with Gasteiger partial charge in [-0.05, 0) is 43.9 Å². The molecule has 2 aromatic rings. The minimum absolute atomic E-state index is 0.00481. The van der Waals surface area contributed by atoms with Gasteiger partial charge in [-0.3, -0.25) is 9.59 Å². The van der Waals surface area contributed by atoms with E-state index in [1.165, 1.54) is 4.31 Å². The van der Waals surface area contributed by atoms with Crippen LogP contribution in [0.15, 0.2) is 23.1 Å². The highest BCUT2D eigenvalue weighted by molar-refractivity contribution is 7.89. The van der Waals surface area contributed by atoms with Crippen LogP contribution in [0.2, 0.25) is 0 Å². The molecule has 3 heterocycles. The average molecular weight is 435 g/mol. The number of aromatic nitrogens is 3. The van der Waals surface area contributed by atoms with Gasteiger partial charge in [0.2, 0.25) is 21.8 Å². The summed E-state index contributed by atoms with van der Waals surface area (Å²) in [5, 5.41) is 8.19. The molecule has 0 atom stereocenters. The smallest absolute Gasteiger partial charge is 0.243 e. The molecule has 2 amide bonds. The second kappa shape index (κ2) is 8.31. The molecule has 162 valence electrons. The predicted octanol–water partition coefficient (Wildman–Crippen LogP) is 0.330. The number of carbonyl (C=O) groups excluding carboxylic acids is 2. The summed E-state index contributed by atoms with van der Waals surface area (Å²) in [7, 11) is -3.51. The molecular weight excluding hydrogens is 408 g/mol. The standard InChI is InChI=1S/C19H26N6O4S/c20-19(27)14-5-10-23(11-6-14)18(26)7-12-25-17-4-3-15(13-16(17)21-22-25)30(28,29)24-8-1-2-9-24/h3-4,13-14H,1-2,5-12H2,(H2,20,27). The van der Waals surface area contributed by atoms with Crippen LogP contribution in [-0.2, 0) is 26.2 Å². The summed E-state index contributed by atoms with van der Waals surface area (Å²) < 4.78 is 28.6. The number of amides is 2. The maximum atomic E-state index is 12.7. The molecule has 0 aliphatic carbocycles. The van der Waals surface area contributed by atoms with Crippen LogP contribution >= 0.6 is 0 Å². The van der Waals surface area contributed by atoms with Gasteiger partial charge in [-0.15, -0.1) is 5.10 Å². The largest absolute Gasteiger partial charge is 0.369 e. The van der Waals surface area contributed by atoms with Gasteiger partial charge >= 0.3 is 0 Å². The lowest BCUT2D eigenvalue weighted by Crippen LogP contribution is -2.42. The Kier molecular flexibility index (Phi) is 5.74. The van der Waals surface area contributed by atoms with E-state index in [0.29, 0.717) is 56.6 Å². The summed E-state index contributed by atoms with van der Waals surface area (Å²) in [6.07, 6.45) is 3.22. The molecule has 2 saturated heterocycles. The van der Waals surface area contributed by atoms with Crippen LogP contribution in [-0.4, -0.2) is 70.6 Å². The van der Waals surface area contributed by atoms with Crippen molar-refractivity contribution in [1.82, 2.24) is 24.2 Å². The monoisotopic (exact) mass is 434 g/mol. The van der Waals surface area contributed by atoms with E-state index in [0.717, 1.165) is 12.8 Å². The Morgan fingerprint density at radius 3 is 2.47 bits per heavy atom. The van der Waals surface area contributed by atoms with Gasteiger partial charge in [-0.1, -0.05) is 5.21 Å². The van der Waals surface area contributed by atoms with Crippen LogP contribution in [0.4, 0.5) is 0 Å². The highest BCUT2D eigenvalue weighted by atomic mass is 32.2. The number of hydrogen-bond donors (Lipinski definition) is 1. The van der Waals surface area contributed by atoms with E-state index in [9.17, 15) is 18.0 Å². The Morgan fingerprint density at radius 2 is 1.80 bits per heavy atom. The number of sulfonamides is 1. The van der Waals surface area contributed by atoms with E-state index in [1.54, 1.807) is 27.8 Å². The molecule has 10 nitrogen and oxygen atoms in total. The van der Waals surface area contributed by atoms with Crippen molar-refractivity contribution in [3.05, 3.63) is 18.2 Å². The van der Waals surface area contributed by atoms with E-state index < -0.39 is 10.0 Å². The first-order chi connectivity index (χ1) is 14.4. The number of nitrogens with zero attached hydrogens (tertiary/aromatic N) is 5. The Balaban J connectivity index is 1.41. The van der Waals surface area contributed by atoms with Crippen LogP contribution < -0.4 is 5.73 Å². The molecule has 11 heteroatoms. The Hall–Kier alpha value is -2.53. The molecule has 2 aliphatic heterocycles. The number of primary amides is 1. The van der Waals surface area contributed by atoms with Gasteiger partial charge in [0.25, 0.3) is 0 Å². The lowest BCUT2D eigenvalue weighted by molar-refractivity contribution is -0.135. The maximum absolute atomic E-state index is 12.7. The molecular formula is C19H26N6O4S. The van der Waals surface area contributed by atoms with Gasteiger partial charge in [0.05, 0.1) is 17.0 Å². The molecule has 0 radical (unpaired) electrons. The summed E-state index contributed by atoms with van der Waals surface area (Å²) in [5.74, 6) is -0.462. The van der Waals surface area contributed by atoms with E-state index in [2.05, 4.69) is 10.3 Å². The Labute approximate surface area is 175 Å². The van der Waals surface area contributed by atoms with Crippen molar-refractivity contribution in [3.8, 4) is 0 Å². The highest BCUT2D eigenvalue weighted by Gasteiger charge is 2.28. The van der Waals surface area contributed by atoms with Crippen LogP contribution in [0, 0.1) is 5.92 Å². The van der Waals surface area contributed by atoms with Gasteiger partial charge in [-0.2, -0.15) is 4.31 Å². The Morgan fingerprint density at radius 1 is 1.10 bits per heavy atom. The quantitative estimate of drug-likeness (QED) is 0.697. The third kappa shape index (κ3) is 4.04. The van der Waals surface area contributed by atoms with Gasteiger partial charge in [0, 0.05) is 38.5 Å². The molecule has 2 N–H and O–H groups in total. The van der Waals surface area contributed by atoms with Gasteiger partial charge in [0.15, 0.2) is 0 Å². The number of benzene rings is 1. The number of likely N-dealkylation sites (tertiary alicyclic amines) is 1. The fourth-order valence-electron chi connectivity index (χ4n) is 4.13. The first-order valence-corrected chi connectivity index (χ1v) is 11.7. The zero-order valence-electron chi connectivity index (χ0n) is 16.7. The minimum Gasteiger partial charge on any atom is -0.369 e. The second-order valence-electron chi connectivity index (χ2n) is 7.88. The molecule has 0 spiro atoms. The second-order valence-corrected chi connectivity index (χ2v) is 9.82. The lowest BCUT2D eigenvalue weighted by Gasteiger charge is -2.30. The molecule has 0 saturated carbocycles. The summed E-state index contributed by atoms with van der Waals surface area (Å²) in [6.45, 7) is 2.51. The topological polar surface area (TPSA) is 131 Å². The minimum atomic E-state index is -3.51. The zero-order chi connectivity index (χ0) is 21.3.